The van der Waals surface area contributed by atoms with Crippen molar-refractivity contribution in [1.29, 1.82) is 0 Å². The zero-order chi connectivity index (χ0) is 19.1. The number of carbonyl (C=O) groups is 2. The molecule has 2 aliphatic carbocycles. The molecule has 0 unspecified atom stereocenters. The minimum atomic E-state index is -0.497. The lowest BCUT2D eigenvalue weighted by Crippen LogP contribution is -2.56. The summed E-state index contributed by atoms with van der Waals surface area (Å²) < 4.78 is 12.3. The Morgan fingerprint density at radius 1 is 1.19 bits per heavy atom. The van der Waals surface area contributed by atoms with Crippen molar-refractivity contribution < 1.29 is 19.1 Å². The number of ether oxygens (including phenoxy) is 2. The standard InChI is InChI=1S/C19H25BrN2O4/c1-18(2,3)22-17(24)26-13-9-19(10-13)7-12(8-19)25-15-6-11(20)4-5-14(15)16(21)23/h4-6,12-13H,7-10H2,1-3H3,(H2,21,23)(H,22,24). The summed E-state index contributed by atoms with van der Waals surface area (Å²) in [5, 5.41) is 2.81. The third-order valence-corrected chi connectivity index (χ3v) is 5.39. The highest BCUT2D eigenvalue weighted by Gasteiger charge is 2.55. The minimum Gasteiger partial charge on any atom is -0.490 e. The zero-order valence-electron chi connectivity index (χ0n) is 15.3. The second-order valence-corrected chi connectivity index (χ2v) is 9.38. The molecule has 3 N–H and O–H groups in total. The number of alkyl carbamates (subject to hydrolysis) is 1. The van der Waals surface area contributed by atoms with E-state index in [1.54, 1.807) is 18.2 Å². The second kappa shape index (κ2) is 6.76. The van der Waals surface area contributed by atoms with Crippen molar-refractivity contribution >= 4 is 27.9 Å². The Balaban J connectivity index is 1.47. The predicted octanol–water partition coefficient (Wildman–Crippen LogP) is 3.76. The molecular formula is C19H25BrN2O4. The van der Waals surface area contributed by atoms with Crippen LogP contribution in [0.1, 0.15) is 56.8 Å². The molecule has 6 nitrogen and oxygen atoms in total. The maximum atomic E-state index is 11.8. The Bertz CT molecular complexity index is 715. The van der Waals surface area contributed by atoms with E-state index in [4.69, 9.17) is 15.2 Å². The summed E-state index contributed by atoms with van der Waals surface area (Å²) in [6, 6.07) is 5.21. The molecule has 0 radical (unpaired) electrons. The molecular weight excluding hydrogens is 400 g/mol. The van der Waals surface area contributed by atoms with Gasteiger partial charge in [-0.3, -0.25) is 4.79 Å². The van der Waals surface area contributed by atoms with Crippen LogP contribution in [0.4, 0.5) is 4.79 Å². The number of hydrogen-bond acceptors (Lipinski definition) is 4. The highest BCUT2D eigenvalue weighted by atomic mass is 79.9. The lowest BCUT2D eigenvalue weighted by atomic mass is 9.53. The van der Waals surface area contributed by atoms with E-state index in [0.717, 1.165) is 30.2 Å². The van der Waals surface area contributed by atoms with Crippen molar-refractivity contribution in [1.82, 2.24) is 5.32 Å². The number of nitrogens with two attached hydrogens (primary N) is 1. The lowest BCUT2D eigenvalue weighted by Gasteiger charge is -2.56. The van der Waals surface area contributed by atoms with E-state index >= 15 is 0 Å². The Hall–Kier alpha value is -1.76. The van der Waals surface area contributed by atoms with E-state index in [1.165, 1.54) is 0 Å². The fourth-order valence-electron chi connectivity index (χ4n) is 3.78. The van der Waals surface area contributed by atoms with Gasteiger partial charge >= 0.3 is 6.09 Å². The van der Waals surface area contributed by atoms with E-state index < -0.39 is 5.91 Å². The van der Waals surface area contributed by atoms with Gasteiger partial charge in [0, 0.05) is 10.0 Å². The minimum absolute atomic E-state index is 0.0228. The third kappa shape index (κ3) is 4.31. The molecule has 0 heterocycles. The molecule has 0 atom stereocenters. The van der Waals surface area contributed by atoms with Crippen LogP contribution in [-0.4, -0.2) is 29.7 Å². The van der Waals surface area contributed by atoms with Crippen LogP contribution >= 0.6 is 15.9 Å². The van der Waals surface area contributed by atoms with Gasteiger partial charge in [0.15, 0.2) is 0 Å². The van der Waals surface area contributed by atoms with E-state index in [1.807, 2.05) is 20.8 Å². The Morgan fingerprint density at radius 2 is 1.81 bits per heavy atom. The van der Waals surface area contributed by atoms with Crippen molar-refractivity contribution in [3.8, 4) is 5.75 Å². The number of rotatable bonds is 4. The van der Waals surface area contributed by atoms with Gasteiger partial charge in [0.2, 0.25) is 0 Å². The number of hydrogen-bond donors (Lipinski definition) is 2. The van der Waals surface area contributed by atoms with Crippen LogP contribution < -0.4 is 15.8 Å². The zero-order valence-corrected chi connectivity index (χ0v) is 16.9. The number of benzene rings is 1. The fraction of sp³-hybridized carbons (Fsp3) is 0.579. The van der Waals surface area contributed by atoms with Gasteiger partial charge in [0.25, 0.3) is 5.91 Å². The highest BCUT2D eigenvalue weighted by Crippen LogP contribution is 2.57. The van der Waals surface area contributed by atoms with Gasteiger partial charge in [0.1, 0.15) is 11.9 Å². The monoisotopic (exact) mass is 424 g/mol. The van der Waals surface area contributed by atoms with E-state index in [9.17, 15) is 9.59 Å². The number of halogens is 1. The average Bonchev–Trinajstić information content (AvgIpc) is 2.40. The number of carbonyl (C=O) groups excluding carboxylic acids is 2. The maximum absolute atomic E-state index is 11.8. The molecule has 2 amide bonds. The largest absolute Gasteiger partial charge is 0.490 e. The summed E-state index contributed by atoms with van der Waals surface area (Å²) in [7, 11) is 0. The van der Waals surface area contributed by atoms with Gasteiger partial charge in [-0.15, -0.1) is 0 Å². The van der Waals surface area contributed by atoms with Crippen LogP contribution in [-0.2, 0) is 4.74 Å². The van der Waals surface area contributed by atoms with Crippen LogP contribution in [0.2, 0.25) is 0 Å². The first-order valence-electron chi connectivity index (χ1n) is 8.80. The van der Waals surface area contributed by atoms with Gasteiger partial charge < -0.3 is 20.5 Å². The molecule has 26 heavy (non-hydrogen) atoms. The molecule has 1 aromatic rings. The number of amides is 2. The van der Waals surface area contributed by atoms with Gasteiger partial charge in [-0.05, 0) is 70.1 Å². The Kier molecular flexibility index (Phi) is 4.94. The highest BCUT2D eigenvalue weighted by molar-refractivity contribution is 9.10. The summed E-state index contributed by atoms with van der Waals surface area (Å²) >= 11 is 3.39. The summed E-state index contributed by atoms with van der Waals surface area (Å²) in [5.41, 5.74) is 5.71. The molecule has 1 aromatic carbocycles. The van der Waals surface area contributed by atoms with E-state index in [-0.39, 0.29) is 29.3 Å². The smallest absolute Gasteiger partial charge is 0.407 e. The van der Waals surface area contributed by atoms with Gasteiger partial charge in [-0.2, -0.15) is 0 Å². The van der Waals surface area contributed by atoms with Crippen molar-refractivity contribution in [3.63, 3.8) is 0 Å². The summed E-state index contributed by atoms with van der Waals surface area (Å²) in [6.45, 7) is 5.77. The molecule has 2 fully saturated rings. The lowest BCUT2D eigenvalue weighted by molar-refractivity contribution is -0.133. The maximum Gasteiger partial charge on any atom is 0.407 e. The van der Waals surface area contributed by atoms with E-state index in [2.05, 4.69) is 21.2 Å². The topological polar surface area (TPSA) is 90.7 Å². The summed E-state index contributed by atoms with van der Waals surface area (Å²) in [6.07, 6.45) is 3.22. The van der Waals surface area contributed by atoms with Crippen LogP contribution in [0.5, 0.6) is 5.75 Å². The molecule has 142 valence electrons. The van der Waals surface area contributed by atoms with Crippen molar-refractivity contribution in [2.24, 2.45) is 11.1 Å². The van der Waals surface area contributed by atoms with Gasteiger partial charge in [-0.25, -0.2) is 4.79 Å². The SMILES string of the molecule is CC(C)(C)NC(=O)OC1CC2(C1)CC(Oc1cc(Br)ccc1C(N)=O)C2. The first-order valence-corrected chi connectivity index (χ1v) is 9.59. The molecule has 0 bridgehead atoms. The molecule has 3 rings (SSSR count). The normalized spacial score (nSPS) is 27.2. The van der Waals surface area contributed by atoms with Gasteiger partial charge in [-0.1, -0.05) is 15.9 Å². The van der Waals surface area contributed by atoms with Gasteiger partial charge in [0.05, 0.1) is 11.7 Å². The number of primary amides is 1. The Labute approximate surface area is 161 Å². The Morgan fingerprint density at radius 3 is 2.38 bits per heavy atom. The second-order valence-electron chi connectivity index (χ2n) is 8.46. The third-order valence-electron chi connectivity index (χ3n) is 4.90. The van der Waals surface area contributed by atoms with Crippen LogP contribution in [0.3, 0.4) is 0 Å². The van der Waals surface area contributed by atoms with Crippen molar-refractivity contribution in [2.45, 2.75) is 64.2 Å². The van der Waals surface area contributed by atoms with Crippen LogP contribution in [0, 0.1) is 5.41 Å². The molecule has 7 heteroatoms. The molecule has 0 aromatic heterocycles. The van der Waals surface area contributed by atoms with Crippen LogP contribution in [0.15, 0.2) is 22.7 Å². The quantitative estimate of drug-likeness (QED) is 0.769. The molecule has 0 aliphatic heterocycles. The summed E-state index contributed by atoms with van der Waals surface area (Å²) in [5.74, 6) is 0.0203. The van der Waals surface area contributed by atoms with E-state index in [0.29, 0.717) is 11.3 Å². The molecule has 0 saturated heterocycles. The van der Waals surface area contributed by atoms with Crippen molar-refractivity contribution in [3.05, 3.63) is 28.2 Å². The fourth-order valence-corrected chi connectivity index (χ4v) is 4.12. The molecule has 1 spiro atoms. The number of nitrogens with one attached hydrogen (secondary N) is 1. The predicted molar refractivity (Wildman–Crippen MR) is 101 cm³/mol. The molecule has 2 aliphatic rings. The van der Waals surface area contributed by atoms with Crippen molar-refractivity contribution in [2.75, 3.05) is 0 Å². The first kappa shape index (κ1) is 19.0. The van der Waals surface area contributed by atoms with Crippen LogP contribution in [0.25, 0.3) is 0 Å². The average molecular weight is 425 g/mol. The summed E-state index contributed by atoms with van der Waals surface area (Å²) in [4.78, 5) is 23.3. The molecule has 2 saturated carbocycles. The first-order chi connectivity index (χ1) is 12.1.